The maximum absolute atomic E-state index is 12.5. The number of aliphatic hydroxyl groups is 1. The molecule has 0 bridgehead atoms. The first kappa shape index (κ1) is 13.2. The smallest absolute Gasteiger partial charge is 0.381 e. The van der Waals surface area contributed by atoms with Crippen LogP contribution >= 0.6 is 0 Å². The number of methoxy groups -OCH3 is 2. The van der Waals surface area contributed by atoms with Gasteiger partial charge in [0.05, 0.1) is 0 Å². The molecule has 0 heterocycles. The van der Waals surface area contributed by atoms with Gasteiger partial charge in [-0.15, -0.1) is 0 Å². The van der Waals surface area contributed by atoms with E-state index in [1.807, 2.05) is 0 Å². The zero-order chi connectivity index (χ0) is 12.4. The summed E-state index contributed by atoms with van der Waals surface area (Å²) in [5, 5.41) is 9.35. The molecule has 0 saturated heterocycles. The molecule has 1 aliphatic rings. The number of aliphatic hydroxyl groups excluding tert-OH is 1. The first-order valence-corrected chi connectivity index (χ1v) is 4.57. The van der Waals surface area contributed by atoms with Gasteiger partial charge in [-0.1, -0.05) is 18.2 Å². The van der Waals surface area contributed by atoms with Gasteiger partial charge in [-0.05, 0) is 6.08 Å². The highest BCUT2D eigenvalue weighted by atomic mass is 19.4. The minimum Gasteiger partial charge on any atom is -0.381 e. The molecule has 0 spiro atoms. The van der Waals surface area contributed by atoms with Gasteiger partial charge in [0.15, 0.2) is 11.7 Å². The molecule has 0 saturated carbocycles. The van der Waals surface area contributed by atoms with E-state index in [0.717, 1.165) is 13.2 Å². The highest BCUT2D eigenvalue weighted by Gasteiger charge is 2.56. The van der Waals surface area contributed by atoms with E-state index in [9.17, 15) is 18.3 Å². The number of hydrogen-bond acceptors (Lipinski definition) is 3. The van der Waals surface area contributed by atoms with E-state index >= 15 is 0 Å². The predicted octanol–water partition coefficient (Wildman–Crippen LogP) is 1.44. The summed E-state index contributed by atoms with van der Waals surface area (Å²) in [7, 11) is 2.36. The second-order valence-electron chi connectivity index (χ2n) is 3.40. The SMILES string of the molecule is COC1C=CC=CC1(OC)C(O)C(F)(F)F. The van der Waals surface area contributed by atoms with Crippen LogP contribution < -0.4 is 0 Å². The molecule has 6 heteroatoms. The molecule has 1 rings (SSSR count). The number of rotatable bonds is 3. The minimum atomic E-state index is -4.78. The van der Waals surface area contributed by atoms with E-state index in [2.05, 4.69) is 0 Å². The number of ether oxygens (including phenoxy) is 2. The molecular weight excluding hydrogens is 225 g/mol. The number of allylic oxidation sites excluding steroid dienone is 2. The van der Waals surface area contributed by atoms with Crippen LogP contribution in [0.25, 0.3) is 0 Å². The molecule has 1 aliphatic carbocycles. The number of alkyl halides is 3. The van der Waals surface area contributed by atoms with Crippen LogP contribution in [0, 0.1) is 0 Å². The van der Waals surface area contributed by atoms with Crippen molar-refractivity contribution in [2.24, 2.45) is 0 Å². The zero-order valence-electron chi connectivity index (χ0n) is 8.86. The number of halogens is 3. The maximum Gasteiger partial charge on any atom is 0.417 e. The Kier molecular flexibility index (Phi) is 3.77. The Morgan fingerprint density at radius 1 is 1.31 bits per heavy atom. The fourth-order valence-corrected chi connectivity index (χ4v) is 1.68. The summed E-state index contributed by atoms with van der Waals surface area (Å²) in [5.41, 5.74) is -1.93. The van der Waals surface area contributed by atoms with E-state index < -0.39 is 24.0 Å². The lowest BCUT2D eigenvalue weighted by atomic mass is 9.86. The Morgan fingerprint density at radius 2 is 1.94 bits per heavy atom. The van der Waals surface area contributed by atoms with Crippen molar-refractivity contribution in [2.45, 2.75) is 24.0 Å². The Bertz CT molecular complexity index is 298. The van der Waals surface area contributed by atoms with Crippen LogP contribution in [0.1, 0.15) is 0 Å². The van der Waals surface area contributed by atoms with Gasteiger partial charge >= 0.3 is 6.18 Å². The lowest BCUT2D eigenvalue weighted by Crippen LogP contribution is -2.58. The minimum absolute atomic E-state index is 0.987. The largest absolute Gasteiger partial charge is 0.417 e. The summed E-state index contributed by atoms with van der Waals surface area (Å²) in [6.07, 6.45) is -2.93. The summed E-state index contributed by atoms with van der Waals surface area (Å²) < 4.78 is 47.3. The van der Waals surface area contributed by atoms with Crippen molar-refractivity contribution in [3.63, 3.8) is 0 Å². The van der Waals surface area contributed by atoms with Crippen LogP contribution in [0.15, 0.2) is 24.3 Å². The average Bonchev–Trinajstić information content (AvgIpc) is 2.26. The second kappa shape index (κ2) is 4.57. The second-order valence-corrected chi connectivity index (χ2v) is 3.40. The fraction of sp³-hybridized carbons (Fsp3) is 0.600. The molecule has 16 heavy (non-hydrogen) atoms. The monoisotopic (exact) mass is 238 g/mol. The van der Waals surface area contributed by atoms with Crippen molar-refractivity contribution >= 4 is 0 Å². The molecule has 3 atom stereocenters. The Morgan fingerprint density at radius 3 is 2.38 bits per heavy atom. The Labute approximate surface area is 91.2 Å². The number of hydrogen-bond donors (Lipinski definition) is 1. The average molecular weight is 238 g/mol. The molecule has 0 amide bonds. The fourth-order valence-electron chi connectivity index (χ4n) is 1.68. The van der Waals surface area contributed by atoms with Crippen molar-refractivity contribution in [2.75, 3.05) is 14.2 Å². The molecule has 92 valence electrons. The molecule has 0 aromatic rings. The maximum atomic E-state index is 12.5. The van der Waals surface area contributed by atoms with Gasteiger partial charge in [0, 0.05) is 14.2 Å². The van der Waals surface area contributed by atoms with Gasteiger partial charge in [-0.3, -0.25) is 0 Å². The van der Waals surface area contributed by atoms with Crippen LogP contribution in [-0.2, 0) is 9.47 Å². The molecular formula is C10H13F3O3. The van der Waals surface area contributed by atoms with Gasteiger partial charge in [-0.2, -0.15) is 13.2 Å². The predicted molar refractivity (Wildman–Crippen MR) is 50.9 cm³/mol. The topological polar surface area (TPSA) is 38.7 Å². The van der Waals surface area contributed by atoms with E-state index in [1.165, 1.54) is 25.3 Å². The third kappa shape index (κ3) is 2.14. The lowest BCUT2D eigenvalue weighted by molar-refractivity contribution is -0.266. The third-order valence-corrected chi connectivity index (χ3v) is 2.54. The molecule has 0 aliphatic heterocycles. The van der Waals surface area contributed by atoms with Crippen molar-refractivity contribution in [3.8, 4) is 0 Å². The van der Waals surface area contributed by atoms with Crippen molar-refractivity contribution < 1.29 is 27.8 Å². The Hall–Kier alpha value is -0.850. The molecule has 1 N–H and O–H groups in total. The van der Waals surface area contributed by atoms with Crippen LogP contribution in [-0.4, -0.2) is 43.3 Å². The highest BCUT2D eigenvalue weighted by molar-refractivity contribution is 5.26. The Balaban J connectivity index is 3.09. The normalized spacial score (nSPS) is 31.8. The molecule has 0 aromatic heterocycles. The third-order valence-electron chi connectivity index (χ3n) is 2.54. The zero-order valence-corrected chi connectivity index (χ0v) is 8.86. The summed E-state index contributed by atoms with van der Waals surface area (Å²) in [5.74, 6) is 0. The highest BCUT2D eigenvalue weighted by Crippen LogP contribution is 2.36. The van der Waals surface area contributed by atoms with E-state index in [4.69, 9.17) is 9.47 Å². The van der Waals surface area contributed by atoms with Crippen molar-refractivity contribution in [1.82, 2.24) is 0 Å². The van der Waals surface area contributed by atoms with E-state index in [1.54, 1.807) is 0 Å². The van der Waals surface area contributed by atoms with Gasteiger partial charge in [-0.25, -0.2) is 0 Å². The van der Waals surface area contributed by atoms with E-state index in [-0.39, 0.29) is 0 Å². The van der Waals surface area contributed by atoms with Gasteiger partial charge in [0.2, 0.25) is 0 Å². The van der Waals surface area contributed by atoms with Gasteiger partial charge in [0.25, 0.3) is 0 Å². The molecule has 0 aromatic carbocycles. The van der Waals surface area contributed by atoms with Crippen LogP contribution in [0.3, 0.4) is 0 Å². The summed E-state index contributed by atoms with van der Waals surface area (Å²) in [4.78, 5) is 0. The molecule has 3 nitrogen and oxygen atoms in total. The van der Waals surface area contributed by atoms with Crippen LogP contribution in [0.2, 0.25) is 0 Å². The van der Waals surface area contributed by atoms with Crippen molar-refractivity contribution in [3.05, 3.63) is 24.3 Å². The summed E-state index contributed by atoms with van der Waals surface area (Å²) >= 11 is 0. The molecule has 3 unspecified atom stereocenters. The van der Waals surface area contributed by atoms with Gasteiger partial charge < -0.3 is 14.6 Å². The van der Waals surface area contributed by atoms with Gasteiger partial charge in [0.1, 0.15) is 6.10 Å². The molecule has 0 fully saturated rings. The first-order chi connectivity index (χ1) is 7.38. The quantitative estimate of drug-likeness (QED) is 0.808. The van der Waals surface area contributed by atoms with Crippen molar-refractivity contribution in [1.29, 1.82) is 0 Å². The van der Waals surface area contributed by atoms with E-state index in [0.29, 0.717) is 0 Å². The summed E-state index contributed by atoms with van der Waals surface area (Å²) in [6.45, 7) is 0. The lowest BCUT2D eigenvalue weighted by Gasteiger charge is -2.40. The molecule has 0 radical (unpaired) electrons. The van der Waals surface area contributed by atoms with Crippen LogP contribution in [0.4, 0.5) is 13.2 Å². The summed E-state index contributed by atoms with van der Waals surface area (Å²) in [6, 6.07) is 0. The first-order valence-electron chi connectivity index (χ1n) is 4.57. The standard InChI is InChI=1S/C10H13F3O3/c1-15-7-5-3-4-6-9(7,16-2)8(14)10(11,12)13/h3-8,14H,1-2H3. The van der Waals surface area contributed by atoms with Crippen LogP contribution in [0.5, 0.6) is 0 Å².